The average Bonchev–Trinajstić information content (AvgIpc) is 2.70. The molecule has 0 atom stereocenters. The topological polar surface area (TPSA) is 67.7 Å². The average molecular weight is 246 g/mol. The van der Waals surface area contributed by atoms with Crippen LogP contribution in [0.3, 0.4) is 0 Å². The number of anilines is 3. The van der Waals surface area contributed by atoms with Gasteiger partial charge in [0.2, 0.25) is 0 Å². The molecule has 96 valence electrons. The SMILES string of the molecule is CCNc1cc(Nc2cn(C)nc2CC)ncn1. The van der Waals surface area contributed by atoms with E-state index in [0.717, 1.165) is 36.0 Å². The summed E-state index contributed by atoms with van der Waals surface area (Å²) in [6, 6.07) is 1.88. The van der Waals surface area contributed by atoms with Crippen LogP contribution in [0, 0.1) is 0 Å². The van der Waals surface area contributed by atoms with Crippen molar-refractivity contribution in [2.75, 3.05) is 17.2 Å². The van der Waals surface area contributed by atoms with Gasteiger partial charge in [0.1, 0.15) is 18.0 Å². The van der Waals surface area contributed by atoms with Crippen molar-refractivity contribution in [3.05, 3.63) is 24.3 Å². The lowest BCUT2D eigenvalue weighted by molar-refractivity contribution is 0.746. The molecule has 2 N–H and O–H groups in total. The van der Waals surface area contributed by atoms with E-state index in [9.17, 15) is 0 Å². The molecule has 18 heavy (non-hydrogen) atoms. The summed E-state index contributed by atoms with van der Waals surface area (Å²) in [6.45, 7) is 4.95. The van der Waals surface area contributed by atoms with Gasteiger partial charge in [0.05, 0.1) is 11.4 Å². The van der Waals surface area contributed by atoms with Crippen molar-refractivity contribution in [3.8, 4) is 0 Å². The highest BCUT2D eigenvalue weighted by atomic mass is 15.3. The van der Waals surface area contributed by atoms with Gasteiger partial charge in [-0.25, -0.2) is 9.97 Å². The van der Waals surface area contributed by atoms with Crippen molar-refractivity contribution in [3.63, 3.8) is 0 Å². The van der Waals surface area contributed by atoms with Crippen LogP contribution in [0.1, 0.15) is 19.5 Å². The Bertz CT molecular complexity index is 519. The van der Waals surface area contributed by atoms with Crippen molar-refractivity contribution in [2.45, 2.75) is 20.3 Å². The van der Waals surface area contributed by atoms with E-state index in [0.29, 0.717) is 0 Å². The maximum Gasteiger partial charge on any atom is 0.135 e. The Morgan fingerprint density at radius 2 is 2.00 bits per heavy atom. The van der Waals surface area contributed by atoms with Crippen molar-refractivity contribution in [1.29, 1.82) is 0 Å². The molecule has 6 nitrogen and oxygen atoms in total. The van der Waals surface area contributed by atoms with E-state index in [4.69, 9.17) is 0 Å². The summed E-state index contributed by atoms with van der Waals surface area (Å²) >= 11 is 0. The summed E-state index contributed by atoms with van der Waals surface area (Å²) in [4.78, 5) is 8.34. The largest absolute Gasteiger partial charge is 0.370 e. The molecule has 0 aliphatic heterocycles. The van der Waals surface area contributed by atoms with Crippen LogP contribution in [0.15, 0.2) is 18.6 Å². The molecule has 0 radical (unpaired) electrons. The Morgan fingerprint density at radius 3 is 2.72 bits per heavy atom. The second kappa shape index (κ2) is 5.48. The fourth-order valence-corrected chi connectivity index (χ4v) is 1.74. The number of rotatable bonds is 5. The second-order valence-corrected chi connectivity index (χ2v) is 3.96. The van der Waals surface area contributed by atoms with Gasteiger partial charge in [0.25, 0.3) is 0 Å². The third-order valence-electron chi connectivity index (χ3n) is 2.53. The number of nitrogens with one attached hydrogen (secondary N) is 2. The Kier molecular flexibility index (Phi) is 3.76. The monoisotopic (exact) mass is 246 g/mol. The second-order valence-electron chi connectivity index (χ2n) is 3.96. The number of aromatic nitrogens is 4. The third-order valence-corrected chi connectivity index (χ3v) is 2.53. The summed E-state index contributed by atoms with van der Waals surface area (Å²) in [5.74, 6) is 1.58. The van der Waals surface area contributed by atoms with E-state index in [1.165, 1.54) is 0 Å². The molecular formula is C12H18N6. The Labute approximate surface area is 106 Å². The minimum absolute atomic E-state index is 0.767. The molecule has 0 unspecified atom stereocenters. The van der Waals surface area contributed by atoms with E-state index >= 15 is 0 Å². The van der Waals surface area contributed by atoms with Gasteiger partial charge in [-0.3, -0.25) is 4.68 Å². The quantitative estimate of drug-likeness (QED) is 0.844. The summed E-state index contributed by atoms with van der Waals surface area (Å²) in [7, 11) is 1.91. The smallest absolute Gasteiger partial charge is 0.135 e. The van der Waals surface area contributed by atoms with Crippen molar-refractivity contribution >= 4 is 17.3 Å². The lowest BCUT2D eigenvalue weighted by atomic mass is 10.3. The minimum atomic E-state index is 0.767. The number of nitrogens with zero attached hydrogens (tertiary/aromatic N) is 4. The zero-order valence-corrected chi connectivity index (χ0v) is 10.9. The van der Waals surface area contributed by atoms with Crippen LogP contribution in [0.2, 0.25) is 0 Å². The number of aryl methyl sites for hydroxylation is 2. The van der Waals surface area contributed by atoms with Gasteiger partial charge >= 0.3 is 0 Å². The van der Waals surface area contributed by atoms with Gasteiger partial charge in [-0.2, -0.15) is 5.10 Å². The summed E-state index contributed by atoms with van der Waals surface area (Å²) in [5.41, 5.74) is 2.02. The first-order chi connectivity index (χ1) is 8.72. The van der Waals surface area contributed by atoms with Crippen LogP contribution >= 0.6 is 0 Å². The molecule has 0 saturated carbocycles. The van der Waals surface area contributed by atoms with E-state index in [-0.39, 0.29) is 0 Å². The normalized spacial score (nSPS) is 10.4. The highest BCUT2D eigenvalue weighted by Gasteiger charge is 2.07. The molecule has 6 heteroatoms. The van der Waals surface area contributed by atoms with Crippen LogP contribution in [0.5, 0.6) is 0 Å². The fraction of sp³-hybridized carbons (Fsp3) is 0.417. The molecule has 2 aromatic heterocycles. The fourth-order valence-electron chi connectivity index (χ4n) is 1.74. The molecule has 0 spiro atoms. The van der Waals surface area contributed by atoms with Crippen LogP contribution in [0.4, 0.5) is 17.3 Å². The minimum Gasteiger partial charge on any atom is -0.370 e. The summed E-state index contributed by atoms with van der Waals surface area (Å²) in [6.07, 6.45) is 4.38. The highest BCUT2D eigenvalue weighted by Crippen LogP contribution is 2.19. The molecule has 0 bridgehead atoms. The van der Waals surface area contributed by atoms with Crippen LogP contribution < -0.4 is 10.6 Å². The molecule has 0 amide bonds. The van der Waals surface area contributed by atoms with Crippen LogP contribution in [-0.4, -0.2) is 26.3 Å². The zero-order valence-electron chi connectivity index (χ0n) is 10.9. The zero-order chi connectivity index (χ0) is 13.0. The van der Waals surface area contributed by atoms with Crippen molar-refractivity contribution in [1.82, 2.24) is 19.7 Å². The number of hydrogen-bond donors (Lipinski definition) is 2. The Hall–Kier alpha value is -2.11. The van der Waals surface area contributed by atoms with E-state index in [2.05, 4.69) is 32.6 Å². The lowest BCUT2D eigenvalue weighted by Crippen LogP contribution is -2.02. The Morgan fingerprint density at radius 1 is 1.22 bits per heavy atom. The van der Waals surface area contributed by atoms with Crippen molar-refractivity contribution < 1.29 is 0 Å². The number of hydrogen-bond acceptors (Lipinski definition) is 5. The predicted octanol–water partition coefficient (Wildman–Crippen LogP) is 1.95. The van der Waals surface area contributed by atoms with Crippen LogP contribution in [0.25, 0.3) is 0 Å². The molecule has 0 saturated heterocycles. The van der Waals surface area contributed by atoms with E-state index < -0.39 is 0 Å². The molecule has 2 heterocycles. The molecule has 0 fully saturated rings. The van der Waals surface area contributed by atoms with Crippen LogP contribution in [-0.2, 0) is 13.5 Å². The molecule has 0 aromatic carbocycles. The lowest BCUT2D eigenvalue weighted by Gasteiger charge is -2.06. The van der Waals surface area contributed by atoms with Crippen molar-refractivity contribution in [2.24, 2.45) is 7.05 Å². The maximum atomic E-state index is 4.38. The molecule has 0 aliphatic carbocycles. The van der Waals surface area contributed by atoms with Gasteiger partial charge in [0, 0.05) is 25.9 Å². The predicted molar refractivity (Wildman–Crippen MR) is 72.1 cm³/mol. The summed E-state index contributed by atoms with van der Waals surface area (Å²) < 4.78 is 1.80. The standard InChI is InChI=1S/C12H18N6/c1-4-9-10(7-18(3)17-9)16-12-6-11(13-5-2)14-8-15-12/h6-8H,4-5H2,1-3H3,(H2,13,14,15,16). The first kappa shape index (κ1) is 12.3. The maximum absolute atomic E-state index is 4.38. The molecule has 2 aromatic rings. The highest BCUT2D eigenvalue weighted by molar-refractivity contribution is 5.60. The third kappa shape index (κ3) is 2.77. The molecular weight excluding hydrogens is 228 g/mol. The van der Waals surface area contributed by atoms with Gasteiger partial charge in [-0.1, -0.05) is 6.92 Å². The van der Waals surface area contributed by atoms with E-state index in [1.54, 1.807) is 11.0 Å². The van der Waals surface area contributed by atoms with Gasteiger partial charge in [-0.05, 0) is 13.3 Å². The van der Waals surface area contributed by atoms with Gasteiger partial charge in [0.15, 0.2) is 0 Å². The molecule has 2 rings (SSSR count). The first-order valence-electron chi connectivity index (χ1n) is 6.08. The first-order valence-corrected chi connectivity index (χ1v) is 6.08. The van der Waals surface area contributed by atoms with E-state index in [1.807, 2.05) is 26.2 Å². The Balaban J connectivity index is 2.19. The van der Waals surface area contributed by atoms with Gasteiger partial charge in [-0.15, -0.1) is 0 Å². The summed E-state index contributed by atoms with van der Waals surface area (Å²) in [5, 5.41) is 10.8. The molecule has 0 aliphatic rings. The van der Waals surface area contributed by atoms with Gasteiger partial charge < -0.3 is 10.6 Å².